The molecule has 1 amide bonds. The first-order chi connectivity index (χ1) is 8.38. The Labute approximate surface area is 108 Å². The van der Waals surface area contributed by atoms with E-state index in [1.165, 1.54) is 0 Å². The largest absolute Gasteiger partial charge is 0.361 e. The number of rotatable bonds is 5. The first-order valence-corrected chi connectivity index (χ1v) is 6.37. The number of nitrogens with zero attached hydrogens (tertiary/aromatic N) is 1. The Morgan fingerprint density at radius 3 is 2.50 bits per heavy atom. The minimum absolute atomic E-state index is 0.128. The fourth-order valence-corrected chi connectivity index (χ4v) is 2.00. The quantitative estimate of drug-likeness (QED) is 0.839. The van der Waals surface area contributed by atoms with Gasteiger partial charge in [-0.2, -0.15) is 0 Å². The Hall–Kier alpha value is -1.36. The third-order valence-electron chi connectivity index (χ3n) is 3.44. The molecule has 0 bridgehead atoms. The van der Waals surface area contributed by atoms with Crippen molar-refractivity contribution in [2.75, 3.05) is 0 Å². The van der Waals surface area contributed by atoms with Crippen LogP contribution in [-0.2, 0) is 4.79 Å². The van der Waals surface area contributed by atoms with Crippen LogP contribution in [0.3, 0.4) is 0 Å². The van der Waals surface area contributed by atoms with Crippen molar-refractivity contribution in [2.45, 2.75) is 53.1 Å². The van der Waals surface area contributed by atoms with Crippen LogP contribution in [0.1, 0.15) is 50.3 Å². The number of nitrogens with two attached hydrogens (primary N) is 1. The summed E-state index contributed by atoms with van der Waals surface area (Å²) in [5.74, 6) is 0.774. The predicted molar refractivity (Wildman–Crippen MR) is 70.0 cm³/mol. The van der Waals surface area contributed by atoms with Crippen molar-refractivity contribution in [3.8, 4) is 0 Å². The molecule has 0 aromatic carbocycles. The van der Waals surface area contributed by atoms with Crippen molar-refractivity contribution < 1.29 is 9.32 Å². The first kappa shape index (κ1) is 14.7. The Balaban J connectivity index is 2.71. The van der Waals surface area contributed by atoms with Gasteiger partial charge in [-0.15, -0.1) is 0 Å². The van der Waals surface area contributed by atoms with Crippen LogP contribution in [0.15, 0.2) is 4.52 Å². The second-order valence-corrected chi connectivity index (χ2v) is 4.88. The van der Waals surface area contributed by atoms with E-state index in [1.54, 1.807) is 0 Å². The summed E-state index contributed by atoms with van der Waals surface area (Å²) in [6.07, 6.45) is 0.883. The summed E-state index contributed by atoms with van der Waals surface area (Å²) in [6, 6.07) is -0.614. The lowest BCUT2D eigenvalue weighted by Gasteiger charge is -2.21. The maximum atomic E-state index is 12.0. The van der Waals surface area contributed by atoms with E-state index in [4.69, 9.17) is 10.3 Å². The van der Waals surface area contributed by atoms with Gasteiger partial charge in [0.15, 0.2) is 0 Å². The van der Waals surface area contributed by atoms with E-state index < -0.39 is 6.04 Å². The zero-order chi connectivity index (χ0) is 13.9. The van der Waals surface area contributed by atoms with Crippen LogP contribution in [0.2, 0.25) is 0 Å². The highest BCUT2D eigenvalue weighted by Crippen LogP contribution is 2.21. The zero-order valence-electron chi connectivity index (χ0n) is 11.8. The summed E-state index contributed by atoms with van der Waals surface area (Å²) in [6.45, 7) is 9.61. The van der Waals surface area contributed by atoms with Crippen molar-refractivity contribution in [3.63, 3.8) is 0 Å². The average Bonchev–Trinajstić information content (AvgIpc) is 2.66. The lowest BCUT2D eigenvalue weighted by atomic mass is 9.98. The molecule has 3 atom stereocenters. The molecule has 102 valence electrons. The highest BCUT2D eigenvalue weighted by atomic mass is 16.5. The average molecular weight is 253 g/mol. The summed E-state index contributed by atoms with van der Waals surface area (Å²) in [5.41, 5.74) is 7.63. The molecule has 1 aromatic heterocycles. The van der Waals surface area contributed by atoms with E-state index in [1.807, 2.05) is 34.6 Å². The van der Waals surface area contributed by atoms with Gasteiger partial charge in [0.05, 0.1) is 17.8 Å². The number of amides is 1. The van der Waals surface area contributed by atoms with E-state index in [0.717, 1.165) is 23.4 Å². The summed E-state index contributed by atoms with van der Waals surface area (Å²) in [4.78, 5) is 12.0. The van der Waals surface area contributed by atoms with E-state index in [0.29, 0.717) is 0 Å². The number of hydrogen-bond donors (Lipinski definition) is 2. The number of aromatic nitrogens is 1. The van der Waals surface area contributed by atoms with Crippen molar-refractivity contribution in [1.29, 1.82) is 0 Å². The molecular formula is C13H23N3O2. The molecule has 0 spiro atoms. The van der Waals surface area contributed by atoms with Gasteiger partial charge in [0.1, 0.15) is 5.76 Å². The van der Waals surface area contributed by atoms with Gasteiger partial charge in [0.2, 0.25) is 5.91 Å². The lowest BCUT2D eigenvalue weighted by Crippen LogP contribution is -2.45. The van der Waals surface area contributed by atoms with E-state index >= 15 is 0 Å². The molecule has 0 saturated heterocycles. The molecule has 3 N–H and O–H groups in total. The van der Waals surface area contributed by atoms with Crippen LogP contribution in [0, 0.1) is 19.8 Å². The molecule has 5 nitrogen and oxygen atoms in total. The molecule has 0 aliphatic rings. The van der Waals surface area contributed by atoms with E-state index in [9.17, 15) is 4.79 Å². The summed E-state index contributed by atoms with van der Waals surface area (Å²) in [7, 11) is 0. The topological polar surface area (TPSA) is 81.2 Å². The van der Waals surface area contributed by atoms with Crippen LogP contribution in [0.5, 0.6) is 0 Å². The highest BCUT2D eigenvalue weighted by molar-refractivity contribution is 5.82. The Kier molecular flexibility index (Phi) is 4.90. The Bertz CT molecular complexity index is 395. The monoisotopic (exact) mass is 253 g/mol. The predicted octanol–water partition coefficient (Wildman–Crippen LogP) is 1.84. The van der Waals surface area contributed by atoms with Gasteiger partial charge in [-0.1, -0.05) is 25.4 Å². The molecule has 1 heterocycles. The highest BCUT2D eigenvalue weighted by Gasteiger charge is 2.23. The van der Waals surface area contributed by atoms with Crippen molar-refractivity contribution in [2.24, 2.45) is 11.7 Å². The van der Waals surface area contributed by atoms with E-state index in [2.05, 4.69) is 10.5 Å². The third-order valence-corrected chi connectivity index (χ3v) is 3.44. The molecule has 0 radical (unpaired) electrons. The molecule has 0 fully saturated rings. The molecule has 5 heteroatoms. The van der Waals surface area contributed by atoms with Crippen LogP contribution in [0.25, 0.3) is 0 Å². The zero-order valence-corrected chi connectivity index (χ0v) is 11.8. The number of hydrogen-bond acceptors (Lipinski definition) is 4. The summed E-state index contributed by atoms with van der Waals surface area (Å²) in [5, 5.41) is 6.80. The van der Waals surface area contributed by atoms with Crippen LogP contribution in [-0.4, -0.2) is 17.1 Å². The minimum Gasteiger partial charge on any atom is -0.361 e. The molecule has 0 saturated carbocycles. The summed E-state index contributed by atoms with van der Waals surface area (Å²) >= 11 is 0. The molecule has 1 rings (SSSR count). The van der Waals surface area contributed by atoms with Crippen molar-refractivity contribution >= 4 is 5.91 Å². The second-order valence-electron chi connectivity index (χ2n) is 4.88. The molecule has 0 aliphatic carbocycles. The Morgan fingerprint density at radius 1 is 1.44 bits per heavy atom. The van der Waals surface area contributed by atoms with Gasteiger partial charge < -0.3 is 15.6 Å². The maximum Gasteiger partial charge on any atom is 0.237 e. The summed E-state index contributed by atoms with van der Waals surface area (Å²) < 4.78 is 5.09. The van der Waals surface area contributed by atoms with Gasteiger partial charge in [0, 0.05) is 5.56 Å². The SMILES string of the molecule is CCC(C)[C@H](N)C(=O)NC(C)c1c(C)noc1C. The number of nitrogens with one attached hydrogen (secondary N) is 1. The Morgan fingerprint density at radius 2 is 2.06 bits per heavy atom. The van der Waals surface area contributed by atoms with Gasteiger partial charge in [-0.05, 0) is 26.7 Å². The standard InChI is InChI=1S/C13H23N3O2/c1-6-7(2)12(14)13(17)15-8(3)11-9(4)16-18-10(11)5/h7-8,12H,6,14H2,1-5H3,(H,15,17)/t7?,8?,12-/m0/s1. The molecular weight excluding hydrogens is 230 g/mol. The normalized spacial score (nSPS) is 16.1. The molecule has 2 unspecified atom stereocenters. The van der Waals surface area contributed by atoms with Crippen LogP contribution in [0.4, 0.5) is 0 Å². The van der Waals surface area contributed by atoms with Crippen molar-refractivity contribution in [1.82, 2.24) is 10.5 Å². The third kappa shape index (κ3) is 3.10. The van der Waals surface area contributed by atoms with Gasteiger partial charge in [-0.25, -0.2) is 0 Å². The van der Waals surface area contributed by atoms with E-state index in [-0.39, 0.29) is 17.9 Å². The fraction of sp³-hybridized carbons (Fsp3) is 0.692. The van der Waals surface area contributed by atoms with Crippen LogP contribution < -0.4 is 11.1 Å². The van der Waals surface area contributed by atoms with Gasteiger partial charge >= 0.3 is 0 Å². The van der Waals surface area contributed by atoms with Gasteiger partial charge in [0.25, 0.3) is 0 Å². The lowest BCUT2D eigenvalue weighted by molar-refractivity contribution is -0.124. The van der Waals surface area contributed by atoms with Gasteiger partial charge in [-0.3, -0.25) is 4.79 Å². The first-order valence-electron chi connectivity index (χ1n) is 6.37. The van der Waals surface area contributed by atoms with Crippen molar-refractivity contribution in [3.05, 3.63) is 17.0 Å². The maximum absolute atomic E-state index is 12.0. The molecule has 18 heavy (non-hydrogen) atoms. The minimum atomic E-state index is -0.474. The van der Waals surface area contributed by atoms with Crippen LogP contribution >= 0.6 is 0 Å². The number of carbonyl (C=O) groups is 1. The molecule has 0 aliphatic heterocycles. The second kappa shape index (κ2) is 6.00. The smallest absolute Gasteiger partial charge is 0.237 e. The number of aryl methyl sites for hydroxylation is 2. The molecule has 1 aromatic rings. The fourth-order valence-electron chi connectivity index (χ4n) is 2.00. The number of carbonyl (C=O) groups excluding carboxylic acids is 1.